The van der Waals surface area contributed by atoms with Crippen molar-refractivity contribution >= 4 is 0 Å². The molecule has 0 aromatic rings. The average molecular weight is 252 g/mol. The second kappa shape index (κ2) is 9.29. The smallest absolute Gasteiger partial charge is 0.101 e. The summed E-state index contributed by atoms with van der Waals surface area (Å²) in [5.74, 6) is 0. The zero-order chi connectivity index (χ0) is 13.2. The van der Waals surface area contributed by atoms with Crippen LogP contribution in [0.1, 0.15) is 72.1 Å². The number of hydrogen-bond donors (Lipinski definition) is 0. The van der Waals surface area contributed by atoms with Gasteiger partial charge in [0.25, 0.3) is 0 Å². The SMILES string of the molecule is CCCCCCCCN1C=CN(CC)C1CCC. The minimum absolute atomic E-state index is 0.635. The molecule has 0 N–H and O–H groups in total. The molecule has 106 valence electrons. The summed E-state index contributed by atoms with van der Waals surface area (Å²) >= 11 is 0. The van der Waals surface area contributed by atoms with E-state index in [9.17, 15) is 0 Å². The minimum Gasteiger partial charge on any atom is -0.356 e. The van der Waals surface area contributed by atoms with Crippen molar-refractivity contribution in [1.82, 2.24) is 9.80 Å². The third-order valence-electron chi connectivity index (χ3n) is 3.90. The van der Waals surface area contributed by atoms with E-state index >= 15 is 0 Å². The molecule has 18 heavy (non-hydrogen) atoms. The van der Waals surface area contributed by atoms with E-state index in [1.807, 2.05) is 0 Å². The zero-order valence-corrected chi connectivity index (χ0v) is 12.7. The summed E-state index contributed by atoms with van der Waals surface area (Å²) in [5.41, 5.74) is 0. The Morgan fingerprint density at radius 3 is 2.11 bits per heavy atom. The summed E-state index contributed by atoms with van der Waals surface area (Å²) < 4.78 is 0. The molecule has 2 nitrogen and oxygen atoms in total. The normalized spacial score (nSPS) is 18.9. The first-order chi connectivity index (χ1) is 8.83. The fourth-order valence-corrected chi connectivity index (χ4v) is 2.76. The molecule has 0 fully saturated rings. The Morgan fingerprint density at radius 1 is 0.778 bits per heavy atom. The van der Waals surface area contributed by atoms with E-state index in [1.54, 1.807) is 0 Å². The monoisotopic (exact) mass is 252 g/mol. The third kappa shape index (κ3) is 4.91. The molecular formula is C16H32N2. The average Bonchev–Trinajstić information content (AvgIpc) is 2.77. The van der Waals surface area contributed by atoms with Crippen LogP contribution in [0.2, 0.25) is 0 Å². The first-order valence-corrected chi connectivity index (χ1v) is 8.03. The first-order valence-electron chi connectivity index (χ1n) is 8.03. The van der Waals surface area contributed by atoms with E-state index in [0.717, 1.165) is 6.54 Å². The highest BCUT2D eigenvalue weighted by atomic mass is 15.4. The predicted molar refractivity (Wildman–Crippen MR) is 80.3 cm³/mol. The van der Waals surface area contributed by atoms with Gasteiger partial charge in [-0.25, -0.2) is 0 Å². The molecule has 0 spiro atoms. The van der Waals surface area contributed by atoms with Crippen molar-refractivity contribution in [3.8, 4) is 0 Å². The Bertz CT molecular complexity index is 225. The lowest BCUT2D eigenvalue weighted by Gasteiger charge is -2.32. The molecule has 0 aromatic heterocycles. The summed E-state index contributed by atoms with van der Waals surface area (Å²) in [7, 11) is 0. The van der Waals surface area contributed by atoms with E-state index in [2.05, 4.69) is 43.0 Å². The molecule has 0 aromatic carbocycles. The van der Waals surface area contributed by atoms with Gasteiger partial charge >= 0.3 is 0 Å². The van der Waals surface area contributed by atoms with Crippen LogP contribution in [0.25, 0.3) is 0 Å². The maximum atomic E-state index is 2.55. The van der Waals surface area contributed by atoms with Gasteiger partial charge in [0.1, 0.15) is 6.17 Å². The maximum Gasteiger partial charge on any atom is 0.101 e. The van der Waals surface area contributed by atoms with Crippen LogP contribution in [0, 0.1) is 0 Å². The molecular weight excluding hydrogens is 220 g/mol. The molecule has 0 radical (unpaired) electrons. The molecule has 1 atom stereocenters. The van der Waals surface area contributed by atoms with Crippen LogP contribution in [0.4, 0.5) is 0 Å². The number of rotatable bonds is 10. The highest BCUT2D eigenvalue weighted by Crippen LogP contribution is 2.20. The number of hydrogen-bond acceptors (Lipinski definition) is 2. The molecule has 0 aliphatic carbocycles. The van der Waals surface area contributed by atoms with Gasteiger partial charge in [0.15, 0.2) is 0 Å². The second-order valence-electron chi connectivity index (χ2n) is 5.40. The molecule has 2 heteroatoms. The highest BCUT2D eigenvalue weighted by molar-refractivity contribution is 4.96. The van der Waals surface area contributed by atoms with Gasteiger partial charge in [0.05, 0.1) is 0 Å². The van der Waals surface area contributed by atoms with Crippen LogP contribution in [-0.4, -0.2) is 29.1 Å². The maximum absolute atomic E-state index is 2.55. The lowest BCUT2D eigenvalue weighted by molar-refractivity contribution is 0.145. The molecule has 0 saturated carbocycles. The quantitative estimate of drug-likeness (QED) is 0.525. The van der Waals surface area contributed by atoms with Crippen LogP contribution >= 0.6 is 0 Å². The van der Waals surface area contributed by atoms with E-state index in [4.69, 9.17) is 0 Å². The van der Waals surface area contributed by atoms with Gasteiger partial charge < -0.3 is 9.80 Å². The third-order valence-corrected chi connectivity index (χ3v) is 3.90. The molecule has 1 heterocycles. The van der Waals surface area contributed by atoms with Gasteiger partial charge in [-0.3, -0.25) is 0 Å². The zero-order valence-electron chi connectivity index (χ0n) is 12.7. The lowest BCUT2D eigenvalue weighted by Crippen LogP contribution is -2.38. The van der Waals surface area contributed by atoms with Crippen molar-refractivity contribution in [2.24, 2.45) is 0 Å². The molecule has 0 saturated heterocycles. The Balaban J connectivity index is 2.18. The first kappa shape index (κ1) is 15.4. The standard InChI is InChI=1S/C16H32N2/c1-4-7-8-9-10-11-13-18-15-14-17(6-3)16(18)12-5-2/h14-16H,4-13H2,1-3H3. The summed E-state index contributed by atoms with van der Waals surface area (Å²) in [4.78, 5) is 5.02. The van der Waals surface area contributed by atoms with Crippen LogP contribution < -0.4 is 0 Å². The largest absolute Gasteiger partial charge is 0.356 e. The summed E-state index contributed by atoms with van der Waals surface area (Å²) in [6.07, 6.45) is 16.1. The van der Waals surface area contributed by atoms with Crippen molar-refractivity contribution in [3.63, 3.8) is 0 Å². The topological polar surface area (TPSA) is 6.48 Å². The van der Waals surface area contributed by atoms with Crippen molar-refractivity contribution in [3.05, 3.63) is 12.4 Å². The molecule has 1 aliphatic rings. The summed E-state index contributed by atoms with van der Waals surface area (Å²) in [6.45, 7) is 9.19. The van der Waals surface area contributed by atoms with E-state index in [0.29, 0.717) is 6.17 Å². The van der Waals surface area contributed by atoms with Crippen molar-refractivity contribution < 1.29 is 0 Å². The Morgan fingerprint density at radius 2 is 1.44 bits per heavy atom. The number of nitrogens with zero attached hydrogens (tertiary/aromatic N) is 2. The van der Waals surface area contributed by atoms with Crippen LogP contribution in [0.5, 0.6) is 0 Å². The van der Waals surface area contributed by atoms with Gasteiger partial charge in [-0.05, 0) is 19.8 Å². The fourth-order valence-electron chi connectivity index (χ4n) is 2.76. The fraction of sp³-hybridized carbons (Fsp3) is 0.875. The number of unbranched alkanes of at least 4 members (excludes halogenated alkanes) is 5. The summed E-state index contributed by atoms with van der Waals surface area (Å²) in [6, 6.07) is 0. The van der Waals surface area contributed by atoms with Crippen LogP contribution in [0.15, 0.2) is 12.4 Å². The van der Waals surface area contributed by atoms with Gasteiger partial charge in [-0.15, -0.1) is 0 Å². The van der Waals surface area contributed by atoms with E-state index in [1.165, 1.54) is 57.9 Å². The molecule has 1 rings (SSSR count). The van der Waals surface area contributed by atoms with E-state index in [-0.39, 0.29) is 0 Å². The Hall–Kier alpha value is -0.660. The van der Waals surface area contributed by atoms with Crippen molar-refractivity contribution in [2.75, 3.05) is 13.1 Å². The van der Waals surface area contributed by atoms with Gasteiger partial charge in [-0.2, -0.15) is 0 Å². The van der Waals surface area contributed by atoms with Crippen LogP contribution in [0.3, 0.4) is 0 Å². The van der Waals surface area contributed by atoms with Crippen LogP contribution in [-0.2, 0) is 0 Å². The summed E-state index contributed by atoms with van der Waals surface area (Å²) in [5, 5.41) is 0. The van der Waals surface area contributed by atoms with Gasteiger partial charge in [-0.1, -0.05) is 52.4 Å². The molecule has 1 aliphatic heterocycles. The van der Waals surface area contributed by atoms with Gasteiger partial charge in [0.2, 0.25) is 0 Å². The van der Waals surface area contributed by atoms with Crippen molar-refractivity contribution in [1.29, 1.82) is 0 Å². The lowest BCUT2D eigenvalue weighted by atomic mass is 10.1. The Labute approximate surface area is 114 Å². The second-order valence-corrected chi connectivity index (χ2v) is 5.40. The van der Waals surface area contributed by atoms with Crippen molar-refractivity contribution in [2.45, 2.75) is 78.3 Å². The Kier molecular flexibility index (Phi) is 7.95. The molecule has 0 amide bonds. The molecule has 1 unspecified atom stereocenters. The van der Waals surface area contributed by atoms with E-state index < -0.39 is 0 Å². The molecule has 0 bridgehead atoms. The predicted octanol–water partition coefficient (Wildman–Crippen LogP) is 4.58. The minimum atomic E-state index is 0.635. The highest BCUT2D eigenvalue weighted by Gasteiger charge is 2.23. The van der Waals surface area contributed by atoms with Gasteiger partial charge in [0, 0.05) is 25.5 Å².